The lowest BCUT2D eigenvalue weighted by atomic mass is 9.70. The first kappa shape index (κ1) is 12.5. The fraction of sp³-hybridized carbons (Fsp3) is 0.533. The Kier molecular flexibility index (Phi) is 2.97. The molecule has 1 aromatic carbocycles. The fourth-order valence-electron chi connectivity index (χ4n) is 3.29. The molecule has 1 aromatic rings. The van der Waals surface area contributed by atoms with Crippen LogP contribution in [0.25, 0.3) is 0 Å². The van der Waals surface area contributed by atoms with E-state index in [0.29, 0.717) is 0 Å². The Labute approximate surface area is 113 Å². The first-order valence-corrected chi connectivity index (χ1v) is 6.83. The van der Waals surface area contributed by atoms with Crippen LogP contribution in [0.3, 0.4) is 0 Å². The summed E-state index contributed by atoms with van der Waals surface area (Å²) in [6.45, 7) is 1.88. The van der Waals surface area contributed by atoms with Crippen LogP contribution in [0.2, 0.25) is 0 Å². The summed E-state index contributed by atoms with van der Waals surface area (Å²) in [6.07, 6.45) is 1.53. The minimum Gasteiger partial charge on any atom is -0.479 e. The zero-order valence-corrected chi connectivity index (χ0v) is 11.5. The van der Waals surface area contributed by atoms with Crippen LogP contribution in [-0.2, 0) is 10.2 Å². The number of nitrogens with one attached hydrogen (secondary N) is 1. The summed E-state index contributed by atoms with van der Waals surface area (Å²) in [7, 11) is 3.59. The number of likely N-dealkylation sites (N-methyl/N-ethyl adjacent to an activating group) is 1. The minimum absolute atomic E-state index is 0.0677. The van der Waals surface area contributed by atoms with Crippen molar-refractivity contribution in [2.45, 2.75) is 24.4 Å². The zero-order chi connectivity index (χ0) is 13.5. The highest BCUT2D eigenvalue weighted by molar-refractivity contribution is 5.84. The van der Waals surface area contributed by atoms with E-state index >= 15 is 0 Å². The molecule has 19 heavy (non-hydrogen) atoms. The van der Waals surface area contributed by atoms with Crippen molar-refractivity contribution in [3.05, 3.63) is 29.8 Å². The van der Waals surface area contributed by atoms with Crippen LogP contribution in [0.4, 0.5) is 0 Å². The van der Waals surface area contributed by atoms with Gasteiger partial charge in [-0.3, -0.25) is 4.79 Å². The normalized spacial score (nSPS) is 23.8. The number of carbonyl (C=O) groups excluding carboxylic acids is 1. The Hall–Kier alpha value is -1.55. The molecule has 0 saturated carbocycles. The third-order valence-electron chi connectivity index (χ3n) is 4.33. The SMILES string of the molecule is CN(C)C(=O)[C@@H]1Oc2ccccc2C12CCNCC2. The largest absolute Gasteiger partial charge is 0.479 e. The average Bonchev–Trinajstić information content (AvgIpc) is 2.74. The highest BCUT2D eigenvalue weighted by Crippen LogP contribution is 2.48. The van der Waals surface area contributed by atoms with E-state index in [1.807, 2.05) is 18.2 Å². The van der Waals surface area contributed by atoms with Gasteiger partial charge in [0.1, 0.15) is 5.75 Å². The maximum atomic E-state index is 12.5. The molecule has 1 saturated heterocycles. The lowest BCUT2D eigenvalue weighted by Gasteiger charge is -2.38. The van der Waals surface area contributed by atoms with Gasteiger partial charge in [0.25, 0.3) is 5.91 Å². The standard InChI is InChI=1S/C15H20N2O2/c1-17(2)14(18)13-15(7-9-16-10-8-15)11-5-3-4-6-12(11)19-13/h3-6,13,16H,7-10H2,1-2H3/t13-/m0/s1. The number of carbonyl (C=O) groups is 1. The minimum atomic E-state index is -0.373. The van der Waals surface area contributed by atoms with Gasteiger partial charge in [-0.15, -0.1) is 0 Å². The molecule has 0 bridgehead atoms. The Bertz CT molecular complexity index is 493. The Morgan fingerprint density at radius 2 is 2.00 bits per heavy atom. The lowest BCUT2D eigenvalue weighted by molar-refractivity contribution is -0.138. The van der Waals surface area contributed by atoms with Crippen LogP contribution in [0, 0.1) is 0 Å². The second-order valence-electron chi connectivity index (χ2n) is 5.63. The molecule has 3 rings (SSSR count). The Morgan fingerprint density at radius 3 is 2.68 bits per heavy atom. The number of nitrogens with zero attached hydrogens (tertiary/aromatic N) is 1. The van der Waals surface area contributed by atoms with Crippen molar-refractivity contribution in [3.8, 4) is 5.75 Å². The summed E-state index contributed by atoms with van der Waals surface area (Å²) in [5.41, 5.74) is 1.06. The van der Waals surface area contributed by atoms with E-state index in [0.717, 1.165) is 31.7 Å². The molecular weight excluding hydrogens is 240 g/mol. The summed E-state index contributed by atoms with van der Waals surface area (Å²) in [5, 5.41) is 3.37. The molecule has 4 heteroatoms. The second kappa shape index (κ2) is 4.53. The fourth-order valence-corrected chi connectivity index (χ4v) is 3.29. The molecule has 1 fully saturated rings. The highest BCUT2D eigenvalue weighted by atomic mass is 16.5. The molecule has 1 atom stereocenters. The molecule has 1 spiro atoms. The second-order valence-corrected chi connectivity index (χ2v) is 5.63. The molecule has 0 radical (unpaired) electrons. The lowest BCUT2D eigenvalue weighted by Crippen LogP contribution is -2.53. The van der Waals surface area contributed by atoms with Gasteiger partial charge in [-0.1, -0.05) is 18.2 Å². The van der Waals surface area contributed by atoms with Crippen molar-refractivity contribution in [3.63, 3.8) is 0 Å². The summed E-state index contributed by atoms with van der Waals surface area (Å²) in [5.74, 6) is 0.947. The van der Waals surface area contributed by atoms with E-state index in [1.165, 1.54) is 5.56 Å². The molecule has 2 aliphatic rings. The molecule has 102 valence electrons. The Morgan fingerprint density at radius 1 is 1.32 bits per heavy atom. The van der Waals surface area contributed by atoms with E-state index in [1.54, 1.807) is 19.0 Å². The van der Waals surface area contributed by atoms with Crippen molar-refractivity contribution in [2.75, 3.05) is 27.2 Å². The predicted octanol–water partition coefficient (Wildman–Crippen LogP) is 1.16. The molecule has 1 amide bonds. The molecule has 2 aliphatic heterocycles. The van der Waals surface area contributed by atoms with Crippen LogP contribution in [0.1, 0.15) is 18.4 Å². The van der Waals surface area contributed by atoms with E-state index < -0.39 is 0 Å². The van der Waals surface area contributed by atoms with Crippen LogP contribution >= 0.6 is 0 Å². The number of para-hydroxylation sites is 1. The first-order valence-electron chi connectivity index (χ1n) is 6.83. The van der Waals surface area contributed by atoms with Crippen LogP contribution in [-0.4, -0.2) is 44.1 Å². The average molecular weight is 260 g/mol. The predicted molar refractivity (Wildman–Crippen MR) is 73.3 cm³/mol. The van der Waals surface area contributed by atoms with Gasteiger partial charge in [-0.2, -0.15) is 0 Å². The Balaban J connectivity index is 2.05. The van der Waals surface area contributed by atoms with Crippen LogP contribution in [0.5, 0.6) is 5.75 Å². The van der Waals surface area contributed by atoms with Gasteiger partial charge in [-0.05, 0) is 32.0 Å². The van der Waals surface area contributed by atoms with Gasteiger partial charge in [0.05, 0.1) is 0 Å². The number of benzene rings is 1. The number of piperidine rings is 1. The van der Waals surface area contributed by atoms with Gasteiger partial charge in [0.15, 0.2) is 6.10 Å². The maximum Gasteiger partial charge on any atom is 0.264 e. The third-order valence-corrected chi connectivity index (χ3v) is 4.33. The molecule has 4 nitrogen and oxygen atoms in total. The first-order chi connectivity index (χ1) is 9.15. The number of hydrogen-bond acceptors (Lipinski definition) is 3. The number of amides is 1. The summed E-state index contributed by atoms with van der Waals surface area (Å²) in [6, 6.07) is 8.09. The third kappa shape index (κ3) is 1.82. The van der Waals surface area contributed by atoms with Gasteiger partial charge < -0.3 is 15.0 Å². The smallest absolute Gasteiger partial charge is 0.264 e. The monoisotopic (exact) mass is 260 g/mol. The van der Waals surface area contributed by atoms with E-state index in [9.17, 15) is 4.79 Å². The molecular formula is C15H20N2O2. The quantitative estimate of drug-likeness (QED) is 0.824. The van der Waals surface area contributed by atoms with E-state index in [2.05, 4.69) is 11.4 Å². The maximum absolute atomic E-state index is 12.5. The van der Waals surface area contributed by atoms with Crippen LogP contribution in [0.15, 0.2) is 24.3 Å². The molecule has 0 aromatic heterocycles. The van der Waals surface area contributed by atoms with Crippen molar-refractivity contribution < 1.29 is 9.53 Å². The molecule has 2 heterocycles. The summed E-state index contributed by atoms with van der Waals surface area (Å²) >= 11 is 0. The van der Waals surface area contributed by atoms with Crippen molar-refractivity contribution >= 4 is 5.91 Å². The number of hydrogen-bond donors (Lipinski definition) is 1. The van der Waals surface area contributed by atoms with E-state index in [-0.39, 0.29) is 17.4 Å². The van der Waals surface area contributed by atoms with Gasteiger partial charge in [-0.25, -0.2) is 0 Å². The highest BCUT2D eigenvalue weighted by Gasteiger charge is 2.52. The van der Waals surface area contributed by atoms with Crippen molar-refractivity contribution in [1.82, 2.24) is 10.2 Å². The van der Waals surface area contributed by atoms with Gasteiger partial charge >= 0.3 is 0 Å². The van der Waals surface area contributed by atoms with Gasteiger partial charge in [0, 0.05) is 25.1 Å². The van der Waals surface area contributed by atoms with E-state index in [4.69, 9.17) is 4.74 Å². The molecule has 0 unspecified atom stereocenters. The number of fused-ring (bicyclic) bond motifs is 2. The van der Waals surface area contributed by atoms with Crippen molar-refractivity contribution in [1.29, 1.82) is 0 Å². The summed E-state index contributed by atoms with van der Waals surface area (Å²) < 4.78 is 6.00. The molecule has 1 N–H and O–H groups in total. The van der Waals surface area contributed by atoms with Crippen LogP contribution < -0.4 is 10.1 Å². The van der Waals surface area contributed by atoms with Gasteiger partial charge in [0.2, 0.25) is 0 Å². The summed E-state index contributed by atoms with van der Waals surface area (Å²) in [4.78, 5) is 14.1. The molecule has 0 aliphatic carbocycles. The topological polar surface area (TPSA) is 41.6 Å². The number of rotatable bonds is 1. The van der Waals surface area contributed by atoms with Crippen molar-refractivity contribution in [2.24, 2.45) is 0 Å². The zero-order valence-electron chi connectivity index (χ0n) is 11.5. The number of ether oxygens (including phenoxy) is 1.